The Morgan fingerprint density at radius 1 is 1.27 bits per heavy atom. The van der Waals surface area contributed by atoms with Crippen molar-refractivity contribution in [2.75, 3.05) is 11.9 Å². The number of carbonyl (C=O) groups is 3. The van der Waals surface area contributed by atoms with Gasteiger partial charge in [-0.05, 0) is 43.4 Å². The second kappa shape index (κ2) is 8.99. The van der Waals surface area contributed by atoms with Crippen molar-refractivity contribution >= 4 is 34.3 Å². The van der Waals surface area contributed by atoms with Gasteiger partial charge in [0.25, 0.3) is 5.91 Å². The van der Waals surface area contributed by atoms with Crippen LogP contribution in [0.1, 0.15) is 77.6 Å². The number of nitrogens with one attached hydrogen (secondary N) is 2. The lowest BCUT2D eigenvalue weighted by molar-refractivity contribution is -0.135. The number of imide groups is 1. The minimum atomic E-state index is -0.853. The Hall–Kier alpha value is -2.03. The van der Waals surface area contributed by atoms with Gasteiger partial charge in [-0.15, -0.1) is 10.2 Å². The predicted octanol–water partition coefficient (Wildman–Crippen LogP) is 3.74. The number of aromatic nitrogens is 2. The lowest BCUT2D eigenvalue weighted by Gasteiger charge is -2.42. The number of carbonyl (C=O) groups excluding carboxylic acids is 3. The molecule has 0 unspecified atom stereocenters. The number of anilines is 1. The highest BCUT2D eigenvalue weighted by atomic mass is 32.1. The summed E-state index contributed by atoms with van der Waals surface area (Å²) in [6.45, 7) is 8.52. The smallest absolute Gasteiger partial charge is 0.323 e. The summed E-state index contributed by atoms with van der Waals surface area (Å²) in [7, 11) is 0. The first-order chi connectivity index (χ1) is 14.2. The van der Waals surface area contributed by atoms with Crippen molar-refractivity contribution in [3.05, 3.63) is 5.01 Å². The summed E-state index contributed by atoms with van der Waals surface area (Å²) in [6, 6.07) is -0.482. The third kappa shape index (κ3) is 4.66. The lowest BCUT2D eigenvalue weighted by Crippen LogP contribution is -2.51. The molecule has 0 radical (unpaired) electrons. The standard InChI is InChI=1S/C21H33N5O3S/c1-5-7-8-16-24-25-18(30-16)22-15(27)13-26-17(28)21(23-19(26)29)11-9-14(10-12-21)20(3,4)6-2/h14H,5-13H2,1-4H3,(H,23,29)(H,22,25,27). The van der Waals surface area contributed by atoms with Crippen molar-refractivity contribution in [1.82, 2.24) is 20.4 Å². The number of unbranched alkanes of at least 4 members (excludes halogenated alkanes) is 1. The average molecular weight is 436 g/mol. The van der Waals surface area contributed by atoms with Crippen molar-refractivity contribution in [3.8, 4) is 0 Å². The molecule has 0 aromatic carbocycles. The van der Waals surface area contributed by atoms with Gasteiger partial charge >= 0.3 is 6.03 Å². The van der Waals surface area contributed by atoms with E-state index >= 15 is 0 Å². The number of hydrogen-bond donors (Lipinski definition) is 2. The normalized spacial score (nSPS) is 24.4. The maximum Gasteiger partial charge on any atom is 0.325 e. The molecule has 0 atom stereocenters. The zero-order chi connectivity index (χ0) is 21.9. The molecule has 1 saturated heterocycles. The largest absolute Gasteiger partial charge is 0.325 e. The third-order valence-corrected chi connectivity index (χ3v) is 7.76. The van der Waals surface area contributed by atoms with E-state index in [2.05, 4.69) is 48.5 Å². The van der Waals surface area contributed by atoms with E-state index in [1.165, 1.54) is 11.3 Å². The summed E-state index contributed by atoms with van der Waals surface area (Å²) in [5.74, 6) is -0.180. The topological polar surface area (TPSA) is 104 Å². The van der Waals surface area contributed by atoms with Crippen molar-refractivity contribution in [2.45, 2.75) is 84.6 Å². The maximum absolute atomic E-state index is 13.1. The van der Waals surface area contributed by atoms with Crippen LogP contribution in [0.5, 0.6) is 0 Å². The molecule has 2 heterocycles. The van der Waals surface area contributed by atoms with Gasteiger partial charge in [0.05, 0.1) is 0 Å². The number of hydrogen-bond acceptors (Lipinski definition) is 6. The van der Waals surface area contributed by atoms with Crippen LogP contribution < -0.4 is 10.6 Å². The fraction of sp³-hybridized carbons (Fsp3) is 0.762. The number of aryl methyl sites for hydroxylation is 1. The molecular weight excluding hydrogens is 402 g/mol. The Morgan fingerprint density at radius 2 is 1.97 bits per heavy atom. The van der Waals surface area contributed by atoms with E-state index in [9.17, 15) is 14.4 Å². The maximum atomic E-state index is 13.1. The van der Waals surface area contributed by atoms with Crippen LogP contribution in [-0.2, 0) is 16.0 Å². The summed E-state index contributed by atoms with van der Waals surface area (Å²) >= 11 is 1.33. The molecule has 0 bridgehead atoms. The summed E-state index contributed by atoms with van der Waals surface area (Å²) in [5.41, 5.74) is -0.627. The van der Waals surface area contributed by atoms with Crippen molar-refractivity contribution in [3.63, 3.8) is 0 Å². The van der Waals surface area contributed by atoms with Gasteiger partial charge in [-0.25, -0.2) is 4.79 Å². The van der Waals surface area contributed by atoms with Gasteiger partial charge in [-0.2, -0.15) is 0 Å². The first-order valence-electron chi connectivity index (χ1n) is 11.0. The Bertz CT molecular complexity index is 798. The molecule has 2 aliphatic rings. The lowest BCUT2D eigenvalue weighted by atomic mass is 9.65. The first kappa shape index (κ1) is 22.7. The van der Waals surface area contributed by atoms with Crippen LogP contribution in [0.2, 0.25) is 0 Å². The van der Waals surface area contributed by atoms with Gasteiger partial charge in [-0.3, -0.25) is 19.8 Å². The van der Waals surface area contributed by atoms with Gasteiger partial charge in [0.2, 0.25) is 11.0 Å². The second-order valence-electron chi connectivity index (χ2n) is 9.17. The number of rotatable bonds is 8. The van der Waals surface area contributed by atoms with Crippen LogP contribution in [0.3, 0.4) is 0 Å². The Balaban J connectivity index is 1.57. The highest BCUT2D eigenvalue weighted by Gasteiger charge is 2.53. The minimum Gasteiger partial charge on any atom is -0.323 e. The van der Waals surface area contributed by atoms with Crippen LogP contribution in [0, 0.1) is 11.3 Å². The van der Waals surface area contributed by atoms with E-state index in [4.69, 9.17) is 0 Å². The minimum absolute atomic E-state index is 0.227. The van der Waals surface area contributed by atoms with Gasteiger partial charge in [0.15, 0.2) is 0 Å². The molecule has 30 heavy (non-hydrogen) atoms. The summed E-state index contributed by atoms with van der Waals surface area (Å²) in [4.78, 5) is 39.0. The fourth-order valence-corrected chi connectivity index (χ4v) is 5.17. The van der Waals surface area contributed by atoms with E-state index in [1.54, 1.807) is 0 Å². The number of nitrogens with zero attached hydrogens (tertiary/aromatic N) is 3. The van der Waals surface area contributed by atoms with Crippen LogP contribution in [-0.4, -0.2) is 45.0 Å². The van der Waals surface area contributed by atoms with Gasteiger partial charge in [0, 0.05) is 6.42 Å². The molecule has 9 heteroatoms. The molecule has 2 fully saturated rings. The van der Waals surface area contributed by atoms with Gasteiger partial charge in [-0.1, -0.05) is 51.9 Å². The van der Waals surface area contributed by atoms with Crippen molar-refractivity contribution < 1.29 is 14.4 Å². The summed E-state index contributed by atoms with van der Waals surface area (Å²) < 4.78 is 0. The molecule has 1 aromatic heterocycles. The van der Waals surface area contributed by atoms with Crippen LogP contribution in [0.4, 0.5) is 9.93 Å². The molecular formula is C21H33N5O3S. The van der Waals surface area contributed by atoms with Crippen molar-refractivity contribution in [2.24, 2.45) is 11.3 Å². The van der Waals surface area contributed by atoms with E-state index in [1.807, 2.05) is 0 Å². The van der Waals surface area contributed by atoms with E-state index in [-0.39, 0.29) is 17.9 Å². The zero-order valence-electron chi connectivity index (χ0n) is 18.4. The monoisotopic (exact) mass is 435 g/mol. The zero-order valence-corrected chi connectivity index (χ0v) is 19.2. The highest BCUT2D eigenvalue weighted by Crippen LogP contribution is 2.45. The molecule has 4 amide bonds. The second-order valence-corrected chi connectivity index (χ2v) is 10.2. The van der Waals surface area contributed by atoms with E-state index in [0.29, 0.717) is 23.9 Å². The predicted molar refractivity (Wildman–Crippen MR) is 116 cm³/mol. The van der Waals surface area contributed by atoms with Crippen LogP contribution in [0.25, 0.3) is 0 Å². The molecule has 1 aliphatic carbocycles. The Labute approximate surface area is 182 Å². The van der Waals surface area contributed by atoms with Crippen molar-refractivity contribution in [1.29, 1.82) is 0 Å². The number of amides is 4. The molecule has 3 rings (SSSR count). The molecule has 2 N–H and O–H groups in total. The van der Waals surface area contributed by atoms with E-state index < -0.39 is 17.5 Å². The molecule has 1 aliphatic heterocycles. The molecule has 1 saturated carbocycles. The molecule has 1 spiro atoms. The molecule has 1 aromatic rings. The molecule has 8 nitrogen and oxygen atoms in total. The number of urea groups is 1. The fourth-order valence-electron chi connectivity index (χ4n) is 4.37. The van der Waals surface area contributed by atoms with Gasteiger partial charge in [0.1, 0.15) is 17.1 Å². The first-order valence-corrected chi connectivity index (χ1v) is 11.8. The third-order valence-electron chi connectivity index (χ3n) is 6.86. The summed E-state index contributed by atoms with van der Waals surface area (Å²) in [6.07, 6.45) is 7.05. The van der Waals surface area contributed by atoms with E-state index in [0.717, 1.165) is 48.4 Å². The Kier molecular flexibility index (Phi) is 6.79. The average Bonchev–Trinajstić information content (AvgIpc) is 3.25. The quantitative estimate of drug-likeness (QED) is 0.605. The molecule has 166 valence electrons. The highest BCUT2D eigenvalue weighted by molar-refractivity contribution is 7.15. The van der Waals surface area contributed by atoms with Gasteiger partial charge < -0.3 is 5.32 Å². The van der Waals surface area contributed by atoms with Crippen LogP contribution >= 0.6 is 11.3 Å². The van der Waals surface area contributed by atoms with Crippen LogP contribution in [0.15, 0.2) is 0 Å². The SMILES string of the molecule is CCCCc1nnc(NC(=O)CN2C(=O)NC3(CCC(C(C)(C)CC)CC3)C2=O)s1. The Morgan fingerprint density at radius 3 is 2.60 bits per heavy atom. The summed E-state index contributed by atoms with van der Waals surface area (Å²) in [5, 5.41) is 14.9.